The largest absolute Gasteiger partial charge is 0.491 e. The molecule has 0 aliphatic carbocycles. The van der Waals surface area contributed by atoms with Crippen LogP contribution in [0.2, 0.25) is 0 Å². The Labute approximate surface area is 186 Å². The Morgan fingerprint density at radius 3 is 2.78 bits per heavy atom. The molecule has 3 N–H and O–H groups in total. The number of carbonyl (C=O) groups excluding carboxylic acids is 2. The smallest absolute Gasteiger partial charge is 0.256 e. The van der Waals surface area contributed by atoms with Crippen LogP contribution in [0.25, 0.3) is 10.8 Å². The summed E-state index contributed by atoms with van der Waals surface area (Å²) in [4.78, 5) is 31.3. The van der Waals surface area contributed by atoms with Crippen LogP contribution in [0.1, 0.15) is 20.3 Å². The molecule has 0 radical (unpaired) electrons. The number of hydrogen-bond donors (Lipinski definition) is 2. The van der Waals surface area contributed by atoms with E-state index in [0.29, 0.717) is 24.7 Å². The van der Waals surface area contributed by atoms with E-state index in [2.05, 4.69) is 10.3 Å². The molecular weight excluding hydrogens is 408 g/mol. The zero-order chi connectivity index (χ0) is 22.7. The Balaban J connectivity index is 1.40. The number of morpholine rings is 1. The molecule has 0 bridgehead atoms. The van der Waals surface area contributed by atoms with Gasteiger partial charge in [0.05, 0.1) is 19.1 Å². The van der Waals surface area contributed by atoms with Crippen molar-refractivity contribution in [3.05, 3.63) is 54.7 Å². The van der Waals surface area contributed by atoms with Crippen molar-refractivity contribution < 1.29 is 19.1 Å². The standard InChI is InChI=1S/C24H26N4O4/c1-15(2)32-19-6-4-18(5-7-19)28-11-12-31-21(24(28)30)14-22(29)27-17-3-8-20-16(13-17)9-10-26-23(20)25/h3-10,13,15,21H,11-12,14H2,1-2H3,(H2,25,26)(H,27,29)/t21-/m1/s1. The van der Waals surface area contributed by atoms with Crippen molar-refractivity contribution in [3.63, 3.8) is 0 Å². The highest BCUT2D eigenvalue weighted by Crippen LogP contribution is 2.25. The second kappa shape index (κ2) is 9.23. The molecule has 2 heterocycles. The molecule has 2 aromatic carbocycles. The molecule has 1 atom stereocenters. The summed E-state index contributed by atoms with van der Waals surface area (Å²) in [7, 11) is 0. The normalized spacial score (nSPS) is 16.4. The molecule has 1 aliphatic heterocycles. The minimum Gasteiger partial charge on any atom is -0.491 e. The number of aromatic nitrogens is 1. The first-order valence-electron chi connectivity index (χ1n) is 10.5. The molecule has 0 unspecified atom stereocenters. The van der Waals surface area contributed by atoms with E-state index in [1.165, 1.54) is 0 Å². The summed E-state index contributed by atoms with van der Waals surface area (Å²) in [6, 6.07) is 14.6. The van der Waals surface area contributed by atoms with Crippen LogP contribution in [0.3, 0.4) is 0 Å². The predicted octanol–water partition coefficient (Wildman–Crippen LogP) is 3.36. The lowest BCUT2D eigenvalue weighted by molar-refractivity contribution is -0.137. The molecule has 166 valence electrons. The summed E-state index contributed by atoms with van der Waals surface area (Å²) in [5, 5.41) is 4.52. The summed E-state index contributed by atoms with van der Waals surface area (Å²) in [5.74, 6) is 0.646. The summed E-state index contributed by atoms with van der Waals surface area (Å²) in [6.45, 7) is 4.71. The van der Waals surface area contributed by atoms with E-state index in [1.807, 2.05) is 56.3 Å². The van der Waals surface area contributed by atoms with Gasteiger partial charge in [-0.05, 0) is 67.8 Å². The molecule has 1 aliphatic rings. The first-order chi connectivity index (χ1) is 15.4. The number of carbonyl (C=O) groups is 2. The second-order valence-electron chi connectivity index (χ2n) is 7.89. The van der Waals surface area contributed by atoms with Gasteiger partial charge in [0.1, 0.15) is 17.7 Å². The van der Waals surface area contributed by atoms with Gasteiger partial charge in [0, 0.05) is 29.5 Å². The van der Waals surface area contributed by atoms with Crippen LogP contribution < -0.4 is 20.7 Å². The van der Waals surface area contributed by atoms with Gasteiger partial charge < -0.3 is 25.4 Å². The number of hydrogen-bond acceptors (Lipinski definition) is 6. The van der Waals surface area contributed by atoms with E-state index >= 15 is 0 Å². The molecule has 32 heavy (non-hydrogen) atoms. The highest BCUT2D eigenvalue weighted by molar-refractivity contribution is 6.02. The molecule has 1 saturated heterocycles. The van der Waals surface area contributed by atoms with Crippen molar-refractivity contribution in [3.8, 4) is 5.75 Å². The maximum atomic E-state index is 13.0. The maximum absolute atomic E-state index is 13.0. The number of nitrogens with zero attached hydrogens (tertiary/aromatic N) is 2. The van der Waals surface area contributed by atoms with E-state index < -0.39 is 6.10 Å². The Morgan fingerprint density at radius 2 is 2.03 bits per heavy atom. The van der Waals surface area contributed by atoms with Gasteiger partial charge in [-0.3, -0.25) is 9.59 Å². The minimum absolute atomic E-state index is 0.0690. The Kier molecular flexibility index (Phi) is 6.23. The van der Waals surface area contributed by atoms with Crippen molar-refractivity contribution >= 4 is 39.8 Å². The van der Waals surface area contributed by atoms with Crippen LogP contribution >= 0.6 is 0 Å². The second-order valence-corrected chi connectivity index (χ2v) is 7.89. The molecule has 1 fully saturated rings. The van der Waals surface area contributed by atoms with Crippen LogP contribution in [0, 0.1) is 0 Å². The number of fused-ring (bicyclic) bond motifs is 1. The molecule has 8 nitrogen and oxygen atoms in total. The Hall–Kier alpha value is -3.65. The fraction of sp³-hybridized carbons (Fsp3) is 0.292. The lowest BCUT2D eigenvalue weighted by atomic mass is 10.1. The number of rotatable bonds is 6. The number of ether oxygens (including phenoxy) is 2. The zero-order valence-electron chi connectivity index (χ0n) is 18.1. The summed E-state index contributed by atoms with van der Waals surface area (Å²) >= 11 is 0. The zero-order valence-corrected chi connectivity index (χ0v) is 18.1. The van der Waals surface area contributed by atoms with Crippen LogP contribution in [-0.4, -0.2) is 42.2 Å². The highest BCUT2D eigenvalue weighted by Gasteiger charge is 2.32. The Bertz CT molecular complexity index is 1130. The van der Waals surface area contributed by atoms with E-state index in [4.69, 9.17) is 15.2 Å². The predicted molar refractivity (Wildman–Crippen MR) is 124 cm³/mol. The van der Waals surface area contributed by atoms with Gasteiger partial charge in [-0.15, -0.1) is 0 Å². The molecule has 1 aromatic heterocycles. The van der Waals surface area contributed by atoms with Gasteiger partial charge in [-0.2, -0.15) is 0 Å². The first-order valence-corrected chi connectivity index (χ1v) is 10.5. The van der Waals surface area contributed by atoms with Gasteiger partial charge in [0.15, 0.2) is 0 Å². The molecule has 4 rings (SSSR count). The number of pyridine rings is 1. The third-order valence-electron chi connectivity index (χ3n) is 5.15. The summed E-state index contributed by atoms with van der Waals surface area (Å²) < 4.78 is 11.3. The number of benzene rings is 2. The number of anilines is 3. The number of nitrogens with one attached hydrogen (secondary N) is 1. The van der Waals surface area contributed by atoms with E-state index in [1.54, 1.807) is 17.2 Å². The molecule has 0 spiro atoms. The van der Waals surface area contributed by atoms with Crippen molar-refractivity contribution in [1.82, 2.24) is 4.98 Å². The van der Waals surface area contributed by atoms with Gasteiger partial charge in [0.2, 0.25) is 5.91 Å². The molecule has 3 aromatic rings. The van der Waals surface area contributed by atoms with E-state index in [0.717, 1.165) is 22.2 Å². The highest BCUT2D eigenvalue weighted by atomic mass is 16.5. The van der Waals surface area contributed by atoms with Crippen LogP contribution in [0.4, 0.5) is 17.2 Å². The maximum Gasteiger partial charge on any atom is 0.256 e. The Morgan fingerprint density at radius 1 is 1.25 bits per heavy atom. The van der Waals surface area contributed by atoms with Crippen molar-refractivity contribution in [2.45, 2.75) is 32.5 Å². The molecular formula is C24H26N4O4. The van der Waals surface area contributed by atoms with Gasteiger partial charge in [-0.25, -0.2) is 4.98 Å². The monoisotopic (exact) mass is 434 g/mol. The van der Waals surface area contributed by atoms with Crippen molar-refractivity contribution in [2.75, 3.05) is 29.1 Å². The van der Waals surface area contributed by atoms with Gasteiger partial charge >= 0.3 is 0 Å². The fourth-order valence-corrected chi connectivity index (χ4v) is 3.68. The first kappa shape index (κ1) is 21.6. The average molecular weight is 434 g/mol. The van der Waals surface area contributed by atoms with Gasteiger partial charge in [-0.1, -0.05) is 0 Å². The quantitative estimate of drug-likeness (QED) is 0.616. The lowest BCUT2D eigenvalue weighted by Gasteiger charge is -2.32. The molecule has 0 saturated carbocycles. The SMILES string of the molecule is CC(C)Oc1ccc(N2CCO[C@H](CC(=O)Nc3ccc4c(N)nccc4c3)C2=O)cc1. The van der Waals surface area contributed by atoms with Crippen LogP contribution in [0.5, 0.6) is 5.75 Å². The summed E-state index contributed by atoms with van der Waals surface area (Å²) in [5.41, 5.74) is 7.24. The van der Waals surface area contributed by atoms with Crippen LogP contribution in [-0.2, 0) is 14.3 Å². The number of nitrogens with two attached hydrogens (primary N) is 1. The van der Waals surface area contributed by atoms with E-state index in [-0.39, 0.29) is 24.3 Å². The molecule has 8 heteroatoms. The van der Waals surface area contributed by atoms with Crippen LogP contribution in [0.15, 0.2) is 54.7 Å². The van der Waals surface area contributed by atoms with Gasteiger partial charge in [0.25, 0.3) is 5.91 Å². The topological polar surface area (TPSA) is 107 Å². The van der Waals surface area contributed by atoms with Crippen molar-refractivity contribution in [1.29, 1.82) is 0 Å². The van der Waals surface area contributed by atoms with E-state index in [9.17, 15) is 9.59 Å². The van der Waals surface area contributed by atoms with Crippen molar-refractivity contribution in [2.24, 2.45) is 0 Å². The lowest BCUT2D eigenvalue weighted by Crippen LogP contribution is -2.49. The average Bonchev–Trinajstić information content (AvgIpc) is 2.76. The minimum atomic E-state index is -0.837. The number of amides is 2. The summed E-state index contributed by atoms with van der Waals surface area (Å²) in [6.07, 6.45) is 0.787. The third kappa shape index (κ3) is 4.81. The number of nitrogen functional groups attached to an aromatic ring is 1. The fourth-order valence-electron chi connectivity index (χ4n) is 3.68. The third-order valence-corrected chi connectivity index (χ3v) is 5.15. The molecule has 2 amide bonds.